The Morgan fingerprint density at radius 1 is 1.24 bits per heavy atom. The van der Waals surface area contributed by atoms with E-state index in [4.69, 9.17) is 9.47 Å². The molecule has 118 valence electrons. The molecule has 1 rings (SSSR count). The molecule has 8 nitrogen and oxygen atoms in total. The lowest BCUT2D eigenvalue weighted by atomic mass is 10.2. The van der Waals surface area contributed by atoms with E-state index in [1.54, 1.807) is 20.8 Å². The van der Waals surface area contributed by atoms with Crippen LogP contribution in [0, 0.1) is 6.92 Å². The Labute approximate surface area is 121 Å². The van der Waals surface area contributed by atoms with E-state index < -0.39 is 23.5 Å². The van der Waals surface area contributed by atoms with Crippen LogP contribution in [-0.2, 0) is 20.9 Å². The summed E-state index contributed by atoms with van der Waals surface area (Å²) in [6, 6.07) is 0. The largest absolute Gasteiger partial charge is 0.519 e. The maximum Gasteiger partial charge on any atom is 0.519 e. The molecular formula is C13H19NO7. The molecule has 1 aromatic rings. The molecule has 0 aliphatic heterocycles. The van der Waals surface area contributed by atoms with Crippen molar-refractivity contribution in [3.63, 3.8) is 0 Å². The van der Waals surface area contributed by atoms with Crippen molar-refractivity contribution in [1.29, 1.82) is 0 Å². The van der Waals surface area contributed by atoms with E-state index in [0.717, 1.165) is 0 Å². The Morgan fingerprint density at radius 3 is 2.43 bits per heavy atom. The average molecular weight is 301 g/mol. The minimum atomic E-state index is -0.842. The summed E-state index contributed by atoms with van der Waals surface area (Å²) in [4.78, 5) is 33.5. The highest BCUT2D eigenvalue weighted by molar-refractivity contribution is 5.71. The molecule has 0 aliphatic carbocycles. The van der Waals surface area contributed by atoms with Gasteiger partial charge in [-0.1, -0.05) is 0 Å². The summed E-state index contributed by atoms with van der Waals surface area (Å²) >= 11 is 0. The van der Waals surface area contributed by atoms with Crippen LogP contribution < -0.4 is 11.1 Å². The van der Waals surface area contributed by atoms with Crippen LogP contribution in [0.5, 0.6) is 0 Å². The molecule has 0 atom stereocenters. The molecule has 0 saturated heterocycles. The molecule has 1 aromatic heterocycles. The lowest BCUT2D eigenvalue weighted by Crippen LogP contribution is -2.33. The standard InChI is InChI=1S/C13H19NO7/c1-8-9(20-12(17)19-8)7-18-10(15)5-6-14-11(16)21-13(2,3)4/h5-7H2,1-4H3,(H,14,16). The van der Waals surface area contributed by atoms with Crippen molar-refractivity contribution in [3.05, 3.63) is 22.1 Å². The number of ether oxygens (including phenoxy) is 2. The molecule has 1 heterocycles. The summed E-state index contributed by atoms with van der Waals surface area (Å²) < 4.78 is 19.2. The van der Waals surface area contributed by atoms with Crippen molar-refractivity contribution in [2.45, 2.75) is 46.3 Å². The predicted octanol–water partition coefficient (Wildman–Crippen LogP) is 1.50. The highest BCUT2D eigenvalue weighted by Gasteiger charge is 2.16. The van der Waals surface area contributed by atoms with Crippen LogP contribution in [0.3, 0.4) is 0 Å². The Hall–Kier alpha value is -2.25. The van der Waals surface area contributed by atoms with Crippen molar-refractivity contribution in [2.24, 2.45) is 0 Å². The predicted molar refractivity (Wildman–Crippen MR) is 70.6 cm³/mol. The fourth-order valence-corrected chi connectivity index (χ4v) is 1.31. The SMILES string of the molecule is Cc1oc(=O)oc1COC(=O)CCNC(=O)OC(C)(C)C. The van der Waals surface area contributed by atoms with Gasteiger partial charge in [0.15, 0.2) is 18.1 Å². The summed E-state index contributed by atoms with van der Waals surface area (Å²) in [6.07, 6.45) is -0.632. The summed E-state index contributed by atoms with van der Waals surface area (Å²) in [5.74, 6) is -0.965. The van der Waals surface area contributed by atoms with Gasteiger partial charge in [-0.15, -0.1) is 0 Å². The third kappa shape index (κ3) is 6.64. The average Bonchev–Trinajstić information content (AvgIpc) is 2.63. The number of rotatable bonds is 5. The second kappa shape index (κ2) is 6.96. The number of carbonyl (C=O) groups is 2. The zero-order valence-electron chi connectivity index (χ0n) is 12.5. The van der Waals surface area contributed by atoms with Gasteiger partial charge in [-0.3, -0.25) is 4.79 Å². The topological polar surface area (TPSA) is 108 Å². The summed E-state index contributed by atoms with van der Waals surface area (Å²) in [5, 5.41) is 2.43. The maximum absolute atomic E-state index is 11.4. The fourth-order valence-electron chi connectivity index (χ4n) is 1.31. The van der Waals surface area contributed by atoms with Crippen LogP contribution in [-0.4, -0.2) is 24.2 Å². The molecule has 0 unspecified atom stereocenters. The second-order valence-corrected chi connectivity index (χ2v) is 5.27. The molecule has 8 heteroatoms. The van der Waals surface area contributed by atoms with Gasteiger partial charge in [0.25, 0.3) is 0 Å². The molecule has 0 fully saturated rings. The number of alkyl carbamates (subject to hydrolysis) is 1. The first kappa shape index (κ1) is 16.8. The van der Waals surface area contributed by atoms with E-state index in [1.165, 1.54) is 6.92 Å². The van der Waals surface area contributed by atoms with Gasteiger partial charge in [-0.2, -0.15) is 0 Å². The van der Waals surface area contributed by atoms with Crippen LogP contribution in [0.15, 0.2) is 13.6 Å². The lowest BCUT2D eigenvalue weighted by molar-refractivity contribution is -0.145. The van der Waals surface area contributed by atoms with Gasteiger partial charge in [0.1, 0.15) is 5.60 Å². The smallest absolute Gasteiger partial charge is 0.457 e. The van der Waals surface area contributed by atoms with E-state index in [1.807, 2.05) is 0 Å². The number of nitrogens with one attached hydrogen (secondary N) is 1. The van der Waals surface area contributed by atoms with Crippen LogP contribution >= 0.6 is 0 Å². The minimum Gasteiger partial charge on any atom is -0.457 e. The van der Waals surface area contributed by atoms with E-state index in [2.05, 4.69) is 14.2 Å². The molecule has 1 amide bonds. The second-order valence-electron chi connectivity index (χ2n) is 5.27. The highest BCUT2D eigenvalue weighted by Crippen LogP contribution is 2.07. The van der Waals surface area contributed by atoms with Crippen LogP contribution in [0.2, 0.25) is 0 Å². The van der Waals surface area contributed by atoms with Crippen molar-refractivity contribution < 1.29 is 27.9 Å². The fraction of sp³-hybridized carbons (Fsp3) is 0.615. The molecule has 0 aromatic carbocycles. The third-order valence-electron chi connectivity index (χ3n) is 2.20. The van der Waals surface area contributed by atoms with E-state index >= 15 is 0 Å². The van der Waals surface area contributed by atoms with Gasteiger partial charge in [-0.25, -0.2) is 9.59 Å². The molecule has 0 aliphatic rings. The number of carbonyl (C=O) groups excluding carboxylic acids is 2. The van der Waals surface area contributed by atoms with E-state index in [0.29, 0.717) is 0 Å². The van der Waals surface area contributed by atoms with Crippen molar-refractivity contribution in [3.8, 4) is 0 Å². The van der Waals surface area contributed by atoms with E-state index in [9.17, 15) is 14.4 Å². The first-order valence-electron chi connectivity index (χ1n) is 6.39. The number of hydrogen-bond acceptors (Lipinski definition) is 7. The van der Waals surface area contributed by atoms with Gasteiger partial charge >= 0.3 is 17.9 Å². The van der Waals surface area contributed by atoms with Crippen molar-refractivity contribution >= 4 is 12.1 Å². The number of hydrogen-bond donors (Lipinski definition) is 1. The zero-order chi connectivity index (χ0) is 16.0. The Bertz CT molecular complexity index is 550. The summed E-state index contributed by atoms with van der Waals surface area (Å²) in [6.45, 7) is 6.63. The van der Waals surface area contributed by atoms with Gasteiger partial charge in [-0.05, 0) is 27.7 Å². The summed E-state index contributed by atoms with van der Waals surface area (Å²) in [5.41, 5.74) is -0.596. The molecule has 0 bridgehead atoms. The first-order chi connectivity index (χ1) is 9.67. The Balaban J connectivity index is 2.24. The van der Waals surface area contributed by atoms with Gasteiger partial charge < -0.3 is 23.6 Å². The molecule has 0 radical (unpaired) electrons. The van der Waals surface area contributed by atoms with Gasteiger partial charge in [0.05, 0.1) is 6.42 Å². The Morgan fingerprint density at radius 2 is 1.90 bits per heavy atom. The lowest BCUT2D eigenvalue weighted by Gasteiger charge is -2.19. The Kier molecular flexibility index (Phi) is 5.57. The van der Waals surface area contributed by atoms with E-state index in [-0.39, 0.29) is 31.1 Å². The number of aryl methyl sites for hydroxylation is 1. The van der Waals surface area contributed by atoms with Crippen molar-refractivity contribution in [2.75, 3.05) is 6.54 Å². The van der Waals surface area contributed by atoms with Crippen LogP contribution in [0.25, 0.3) is 0 Å². The normalized spacial score (nSPS) is 11.0. The zero-order valence-corrected chi connectivity index (χ0v) is 12.5. The summed E-state index contributed by atoms with van der Waals surface area (Å²) in [7, 11) is 0. The molecule has 21 heavy (non-hydrogen) atoms. The highest BCUT2D eigenvalue weighted by atomic mass is 16.6. The van der Waals surface area contributed by atoms with Crippen LogP contribution in [0.4, 0.5) is 4.79 Å². The number of esters is 1. The van der Waals surface area contributed by atoms with Crippen molar-refractivity contribution in [1.82, 2.24) is 5.32 Å². The minimum absolute atomic E-state index is 0.0274. The molecule has 1 N–H and O–H groups in total. The van der Waals surface area contributed by atoms with Gasteiger partial charge in [0.2, 0.25) is 0 Å². The third-order valence-corrected chi connectivity index (χ3v) is 2.20. The number of amides is 1. The molecule has 0 saturated carbocycles. The first-order valence-corrected chi connectivity index (χ1v) is 6.39. The van der Waals surface area contributed by atoms with Crippen LogP contribution in [0.1, 0.15) is 38.7 Å². The monoisotopic (exact) mass is 301 g/mol. The van der Waals surface area contributed by atoms with Gasteiger partial charge in [0, 0.05) is 6.54 Å². The molecular weight excluding hydrogens is 282 g/mol. The quantitative estimate of drug-likeness (QED) is 0.821. The molecule has 0 spiro atoms. The maximum atomic E-state index is 11.4.